The number of alkyl halides is 9. The number of nitrogens with zero attached hydrogens (tertiary/aromatic N) is 6. The quantitative estimate of drug-likeness (QED) is 0.0272. The van der Waals surface area contributed by atoms with Gasteiger partial charge in [-0.1, -0.05) is 0 Å². The van der Waals surface area contributed by atoms with E-state index in [9.17, 15) is 68.3 Å². The van der Waals surface area contributed by atoms with Gasteiger partial charge in [0.25, 0.3) is 29.5 Å². The van der Waals surface area contributed by atoms with Gasteiger partial charge in [0.05, 0.1) is 43.3 Å². The highest BCUT2D eigenvalue weighted by Gasteiger charge is 2.40. The Morgan fingerprint density at radius 2 is 0.872 bits per heavy atom. The first-order chi connectivity index (χ1) is 40.3. The van der Waals surface area contributed by atoms with Crippen LogP contribution in [0.1, 0.15) is 100 Å². The number of carboxylic acids is 1. The largest absolute Gasteiger partial charge is 0.494 e. The molecule has 464 valence electrons. The van der Waals surface area contributed by atoms with Crippen LogP contribution in [0.3, 0.4) is 0 Å². The van der Waals surface area contributed by atoms with Crippen molar-refractivity contribution in [1.82, 2.24) is 66.7 Å². The van der Waals surface area contributed by atoms with Crippen molar-refractivity contribution >= 4 is 47.9 Å². The molecule has 0 spiro atoms. The number of aromatic nitrogens is 8. The van der Waals surface area contributed by atoms with Crippen molar-refractivity contribution < 1.29 is 87.6 Å². The number of carboxylic acid groups (broad SMARTS) is 1. The Hall–Kier alpha value is -9.79. The van der Waals surface area contributed by atoms with E-state index in [1.54, 1.807) is 83.0 Å². The van der Waals surface area contributed by atoms with Crippen LogP contribution in [-0.2, 0) is 18.5 Å². The third-order valence-corrected chi connectivity index (χ3v) is 10.4. The molecule has 5 amide bonds. The predicted molar refractivity (Wildman–Crippen MR) is 289 cm³/mol. The number of carbonyl (C=O) groups excluding carboxylic acids is 5. The minimum Gasteiger partial charge on any atom is -0.494 e. The molecule has 4 heterocycles. The smallest absolute Gasteiger partial charge is 0.435 e. The first kappa shape index (κ1) is 70.5. The second-order valence-electron chi connectivity index (χ2n) is 16.4. The molecule has 0 bridgehead atoms. The summed E-state index contributed by atoms with van der Waals surface area (Å²) in [5.41, 5.74) is 0.612. The molecule has 0 aliphatic heterocycles. The molecule has 0 aliphatic rings. The molecule has 0 fully saturated rings. The SMILES string of the molecule is CCOc1ccc(C(=O)NCCN)cc1.CCOc1ccc(C(=O)NCCNC(=O)c2cn(-c3ncccn3)nc2C(F)(F)F)cc1.CCOc1ccc(C(=O)NCCNC(=O)c2cn[nH]c2C(F)(F)F)cc1.Cl.O=C(O)c1cn[nH]c1C(F)(F)F. The first-order valence-electron chi connectivity index (χ1n) is 25.0. The van der Waals surface area contributed by atoms with Gasteiger partial charge in [0.1, 0.15) is 22.8 Å². The lowest BCUT2D eigenvalue weighted by Crippen LogP contribution is -2.35. The van der Waals surface area contributed by atoms with Gasteiger partial charge in [0.15, 0.2) is 17.1 Å². The van der Waals surface area contributed by atoms with Gasteiger partial charge in [-0.25, -0.2) is 19.4 Å². The average Bonchev–Trinajstić information content (AvgIpc) is 2.80. The number of amides is 5. The van der Waals surface area contributed by atoms with Crippen LogP contribution in [0.4, 0.5) is 39.5 Å². The van der Waals surface area contributed by atoms with E-state index in [2.05, 4.69) is 51.8 Å². The van der Waals surface area contributed by atoms with Crippen molar-refractivity contribution in [2.24, 2.45) is 5.73 Å². The number of ether oxygens (including phenoxy) is 3. The van der Waals surface area contributed by atoms with Gasteiger partial charge in [0.2, 0.25) is 5.95 Å². The highest BCUT2D eigenvalue weighted by Crippen LogP contribution is 2.32. The fourth-order valence-electron chi connectivity index (χ4n) is 6.59. The molecule has 0 radical (unpaired) electrons. The molecular weight excluding hydrogens is 1190 g/mol. The van der Waals surface area contributed by atoms with Crippen LogP contribution in [0.15, 0.2) is 110 Å². The number of benzene rings is 3. The third-order valence-electron chi connectivity index (χ3n) is 10.4. The molecule has 86 heavy (non-hydrogen) atoms. The van der Waals surface area contributed by atoms with Crippen molar-refractivity contribution in [2.75, 3.05) is 59.1 Å². The van der Waals surface area contributed by atoms with Gasteiger partial charge in [-0.05, 0) is 99.6 Å². The Morgan fingerprint density at radius 3 is 1.21 bits per heavy atom. The molecule has 10 N–H and O–H groups in total. The van der Waals surface area contributed by atoms with Crippen molar-refractivity contribution in [2.45, 2.75) is 39.3 Å². The molecule has 0 unspecified atom stereocenters. The van der Waals surface area contributed by atoms with E-state index in [0.29, 0.717) is 67.3 Å². The molecule has 0 aliphatic carbocycles. The number of nitrogens with one attached hydrogen (secondary N) is 7. The predicted octanol–water partition coefficient (Wildman–Crippen LogP) is 6.55. The second-order valence-corrected chi connectivity index (χ2v) is 16.4. The second kappa shape index (κ2) is 34.1. The standard InChI is InChI=1S/C20H19F3N6O3.C16H17F3N4O3.C11H16N2O2.C5H3F3N2O2.ClH/c1-2-32-14-6-4-13(5-7-14)17(30)24-10-11-25-18(31)15-12-29(19-26-8-3-9-27-19)28-16(15)20(21,22)23;1-2-26-11-5-3-10(4-6-11)14(24)20-7-8-21-15(25)12-9-22-23-13(12)16(17,18)19;1-2-15-10-5-3-9(4-6-10)11(14)13-8-7-12;6-5(7,8)3-2(4(11)12)1-9-10-3;/h3-9,12H,2,10-11H2,1H3,(H,24,30)(H,25,31);3-6,9H,2,7-8H2,1H3,(H,20,24)(H,21,25)(H,22,23);3-6H,2,7-8,12H2,1H3,(H,13,14);1H,(H,9,10)(H,11,12);1H. The van der Waals surface area contributed by atoms with Crippen molar-refractivity contribution in [3.63, 3.8) is 0 Å². The number of aromatic carboxylic acids is 1. The summed E-state index contributed by atoms with van der Waals surface area (Å²) in [4.78, 5) is 77.5. The molecule has 0 saturated heterocycles. The number of nitrogens with two attached hydrogens (primary N) is 1. The number of aromatic amines is 2. The van der Waals surface area contributed by atoms with E-state index < -0.39 is 76.0 Å². The van der Waals surface area contributed by atoms with Gasteiger partial charge in [0, 0.05) is 74.5 Å². The zero-order chi connectivity index (χ0) is 62.7. The lowest BCUT2D eigenvalue weighted by molar-refractivity contribution is -0.142. The monoisotopic (exact) mass is 1240 g/mol. The molecule has 0 atom stereocenters. The summed E-state index contributed by atoms with van der Waals surface area (Å²) >= 11 is 0. The van der Waals surface area contributed by atoms with Crippen LogP contribution in [-0.4, -0.2) is 140 Å². The van der Waals surface area contributed by atoms with E-state index in [-0.39, 0.29) is 56.3 Å². The summed E-state index contributed by atoms with van der Waals surface area (Å²) in [6.45, 7) is 8.11. The fourth-order valence-corrected chi connectivity index (χ4v) is 6.59. The van der Waals surface area contributed by atoms with E-state index in [0.717, 1.165) is 22.8 Å². The fraction of sp³-hybridized carbons (Fsp3) is 0.288. The minimum atomic E-state index is -4.85. The van der Waals surface area contributed by atoms with Gasteiger partial charge < -0.3 is 51.6 Å². The molecule has 3 aromatic carbocycles. The maximum atomic E-state index is 13.3. The summed E-state index contributed by atoms with van der Waals surface area (Å²) in [5, 5.41) is 33.7. The Balaban J connectivity index is 0.000000320. The third kappa shape index (κ3) is 22.4. The lowest BCUT2D eigenvalue weighted by atomic mass is 10.2. The highest BCUT2D eigenvalue weighted by molar-refractivity contribution is 5.97. The number of H-pyrrole nitrogens is 2. The zero-order valence-corrected chi connectivity index (χ0v) is 46.3. The molecule has 7 rings (SSSR count). The Kier molecular flexibility index (Phi) is 27.9. The van der Waals surface area contributed by atoms with Crippen LogP contribution in [0.5, 0.6) is 17.2 Å². The molecule has 0 saturated carbocycles. The topological polar surface area (TPSA) is 337 Å². The van der Waals surface area contributed by atoms with Crippen LogP contribution >= 0.6 is 12.4 Å². The zero-order valence-electron chi connectivity index (χ0n) is 45.4. The van der Waals surface area contributed by atoms with E-state index in [1.807, 2.05) is 20.8 Å². The van der Waals surface area contributed by atoms with Gasteiger partial charge in [-0.15, -0.1) is 12.4 Å². The molecule has 7 aromatic rings. The summed E-state index contributed by atoms with van der Waals surface area (Å²) < 4.78 is 130. The summed E-state index contributed by atoms with van der Waals surface area (Å²) in [5.74, 6) is -2.53. The van der Waals surface area contributed by atoms with E-state index >= 15 is 0 Å². The number of halogens is 10. The first-order valence-corrected chi connectivity index (χ1v) is 25.0. The number of hydrogen-bond acceptors (Lipinski definition) is 15. The molecular formula is C52H56ClF9N14O10. The lowest BCUT2D eigenvalue weighted by Gasteiger charge is -2.09. The summed E-state index contributed by atoms with van der Waals surface area (Å²) in [7, 11) is 0. The van der Waals surface area contributed by atoms with Gasteiger partial charge in [-0.2, -0.15) is 54.8 Å². The van der Waals surface area contributed by atoms with Crippen molar-refractivity contribution in [3.05, 3.63) is 160 Å². The molecule has 4 aromatic heterocycles. The van der Waals surface area contributed by atoms with Crippen molar-refractivity contribution in [1.29, 1.82) is 0 Å². The number of hydrogen-bond donors (Lipinski definition) is 9. The summed E-state index contributed by atoms with van der Waals surface area (Å²) in [6.07, 6.45) is -9.26. The van der Waals surface area contributed by atoms with Gasteiger partial charge >= 0.3 is 24.5 Å². The number of carbonyl (C=O) groups is 6. The summed E-state index contributed by atoms with van der Waals surface area (Å²) in [6, 6.07) is 21.4. The van der Waals surface area contributed by atoms with Gasteiger partial charge in [-0.3, -0.25) is 34.2 Å². The Bertz CT molecular complexity index is 3250. The molecule has 24 nitrogen and oxygen atoms in total. The normalized spacial score (nSPS) is 10.8. The Labute approximate surface area is 488 Å². The minimum absolute atomic E-state index is 0. The average molecular weight is 1240 g/mol. The molecule has 34 heteroatoms. The maximum Gasteiger partial charge on any atom is 0.435 e. The van der Waals surface area contributed by atoms with Crippen molar-refractivity contribution in [3.8, 4) is 23.2 Å². The van der Waals surface area contributed by atoms with Crippen LogP contribution in [0.2, 0.25) is 0 Å². The van der Waals surface area contributed by atoms with E-state index in [4.69, 9.17) is 25.1 Å². The van der Waals surface area contributed by atoms with E-state index in [1.165, 1.54) is 18.5 Å². The Morgan fingerprint density at radius 1 is 0.523 bits per heavy atom. The van der Waals surface area contributed by atoms with Crippen LogP contribution in [0, 0.1) is 0 Å². The number of rotatable bonds is 21. The highest BCUT2D eigenvalue weighted by atomic mass is 35.5. The maximum absolute atomic E-state index is 13.3. The van der Waals surface area contributed by atoms with Crippen LogP contribution < -0.4 is 46.5 Å². The van der Waals surface area contributed by atoms with Crippen LogP contribution in [0.25, 0.3) is 5.95 Å².